The van der Waals surface area contributed by atoms with E-state index >= 15 is 0 Å². The van der Waals surface area contributed by atoms with Crippen LogP contribution in [0, 0.1) is 0 Å². The predicted octanol–water partition coefficient (Wildman–Crippen LogP) is 4.44. The van der Waals surface area contributed by atoms with Gasteiger partial charge in [-0.25, -0.2) is 4.79 Å². The minimum absolute atomic E-state index is 0.00304. The second kappa shape index (κ2) is 9.18. The summed E-state index contributed by atoms with van der Waals surface area (Å²) in [6, 6.07) is 23.2. The first-order chi connectivity index (χ1) is 14.7. The number of hydrogen-bond donors (Lipinski definition) is 1. The number of rotatable bonds is 5. The largest absolute Gasteiger partial charge is 0.497 e. The average molecular weight is 404 g/mol. The molecule has 0 aliphatic carbocycles. The van der Waals surface area contributed by atoms with Crippen molar-refractivity contribution in [2.24, 2.45) is 0 Å². The molecule has 1 aliphatic rings. The molecule has 156 valence electrons. The van der Waals surface area contributed by atoms with E-state index in [0.29, 0.717) is 12.6 Å². The maximum absolute atomic E-state index is 12.6. The number of hydrogen-bond acceptors (Lipinski definition) is 3. The average Bonchev–Trinajstić information content (AvgIpc) is 2.82. The number of fused-ring (bicyclic) bond motifs is 1. The number of benzene rings is 3. The number of piperazine rings is 1. The molecule has 1 atom stereocenters. The lowest BCUT2D eigenvalue weighted by Gasteiger charge is -2.38. The lowest BCUT2D eigenvalue weighted by atomic mass is 9.98. The van der Waals surface area contributed by atoms with E-state index in [1.807, 2.05) is 29.2 Å². The van der Waals surface area contributed by atoms with Gasteiger partial charge in [-0.2, -0.15) is 0 Å². The number of carbonyl (C=O) groups is 1. The van der Waals surface area contributed by atoms with Crippen LogP contribution in [0.3, 0.4) is 0 Å². The van der Waals surface area contributed by atoms with Crippen molar-refractivity contribution in [1.29, 1.82) is 0 Å². The van der Waals surface area contributed by atoms with Crippen LogP contribution in [0.25, 0.3) is 10.8 Å². The molecule has 0 aromatic heterocycles. The molecule has 2 amide bonds. The highest BCUT2D eigenvalue weighted by Gasteiger charge is 2.25. The zero-order chi connectivity index (χ0) is 20.9. The van der Waals surface area contributed by atoms with Gasteiger partial charge >= 0.3 is 6.03 Å². The molecule has 1 heterocycles. The second-order valence-corrected chi connectivity index (χ2v) is 7.77. The molecule has 3 aromatic carbocycles. The van der Waals surface area contributed by atoms with E-state index in [2.05, 4.69) is 59.6 Å². The Hall–Kier alpha value is -3.05. The van der Waals surface area contributed by atoms with Gasteiger partial charge in [0, 0.05) is 38.8 Å². The summed E-state index contributed by atoms with van der Waals surface area (Å²) in [5.74, 6) is 0.821. The third-order valence-electron chi connectivity index (χ3n) is 6.03. The van der Waals surface area contributed by atoms with Gasteiger partial charge in [0.25, 0.3) is 0 Å². The molecule has 5 heteroatoms. The summed E-state index contributed by atoms with van der Waals surface area (Å²) >= 11 is 0. The molecule has 4 rings (SSSR count). The molecule has 5 nitrogen and oxygen atoms in total. The summed E-state index contributed by atoms with van der Waals surface area (Å²) < 4.78 is 5.17. The monoisotopic (exact) mass is 403 g/mol. The highest BCUT2D eigenvalue weighted by Crippen LogP contribution is 2.28. The first-order valence-electron chi connectivity index (χ1n) is 10.5. The Morgan fingerprint density at radius 2 is 1.67 bits per heavy atom. The third-order valence-corrected chi connectivity index (χ3v) is 6.03. The minimum atomic E-state index is 0.00304. The van der Waals surface area contributed by atoms with Gasteiger partial charge in [-0.1, -0.05) is 54.6 Å². The fourth-order valence-electron chi connectivity index (χ4n) is 4.16. The molecule has 30 heavy (non-hydrogen) atoms. The summed E-state index contributed by atoms with van der Waals surface area (Å²) in [4.78, 5) is 17.0. The van der Waals surface area contributed by atoms with Gasteiger partial charge in [0.2, 0.25) is 0 Å². The summed E-state index contributed by atoms with van der Waals surface area (Å²) in [5, 5.41) is 5.62. The molecule has 1 unspecified atom stereocenters. The number of ether oxygens (including phenoxy) is 1. The molecular weight excluding hydrogens is 374 g/mol. The van der Waals surface area contributed by atoms with Gasteiger partial charge in [0.15, 0.2) is 0 Å². The topological polar surface area (TPSA) is 44.8 Å². The summed E-state index contributed by atoms with van der Waals surface area (Å²) in [6.07, 6.45) is 0. The van der Waals surface area contributed by atoms with Crippen LogP contribution >= 0.6 is 0 Å². The van der Waals surface area contributed by atoms with Crippen LogP contribution in [0.5, 0.6) is 5.75 Å². The summed E-state index contributed by atoms with van der Waals surface area (Å²) in [6.45, 7) is 6.02. The quantitative estimate of drug-likeness (QED) is 0.685. The van der Waals surface area contributed by atoms with Crippen LogP contribution < -0.4 is 10.1 Å². The van der Waals surface area contributed by atoms with E-state index in [9.17, 15) is 4.79 Å². The zero-order valence-electron chi connectivity index (χ0n) is 17.7. The van der Waals surface area contributed by atoms with E-state index in [1.165, 1.54) is 16.3 Å². The van der Waals surface area contributed by atoms with Crippen LogP contribution in [0.15, 0.2) is 66.7 Å². The minimum Gasteiger partial charge on any atom is -0.497 e. The van der Waals surface area contributed by atoms with Crippen molar-refractivity contribution >= 4 is 16.8 Å². The van der Waals surface area contributed by atoms with E-state index in [1.54, 1.807) is 7.11 Å². The van der Waals surface area contributed by atoms with Crippen molar-refractivity contribution in [3.63, 3.8) is 0 Å². The SMILES string of the molecule is COc1ccc(CNC(=O)N2CCN(C(C)c3cccc4ccccc34)CC2)cc1. The molecular formula is C25H29N3O2. The van der Waals surface area contributed by atoms with Crippen molar-refractivity contribution < 1.29 is 9.53 Å². The number of carbonyl (C=O) groups excluding carboxylic acids is 1. The molecule has 1 fully saturated rings. The number of nitrogens with one attached hydrogen (secondary N) is 1. The Kier molecular flexibility index (Phi) is 6.19. The van der Waals surface area contributed by atoms with Gasteiger partial charge < -0.3 is 15.0 Å². The van der Waals surface area contributed by atoms with Crippen molar-refractivity contribution in [2.75, 3.05) is 33.3 Å². The lowest BCUT2D eigenvalue weighted by Crippen LogP contribution is -2.52. The van der Waals surface area contributed by atoms with Gasteiger partial charge in [-0.15, -0.1) is 0 Å². The highest BCUT2D eigenvalue weighted by molar-refractivity contribution is 5.86. The van der Waals surface area contributed by atoms with Crippen LogP contribution in [0.2, 0.25) is 0 Å². The van der Waals surface area contributed by atoms with Gasteiger partial charge in [0.05, 0.1) is 7.11 Å². The normalized spacial score (nSPS) is 15.7. The van der Waals surface area contributed by atoms with E-state index in [0.717, 1.165) is 37.5 Å². The van der Waals surface area contributed by atoms with Gasteiger partial charge in [-0.3, -0.25) is 4.90 Å². The first kappa shape index (κ1) is 20.2. The van der Waals surface area contributed by atoms with Gasteiger partial charge in [0.1, 0.15) is 5.75 Å². The van der Waals surface area contributed by atoms with Crippen molar-refractivity contribution in [3.05, 3.63) is 77.9 Å². The van der Waals surface area contributed by atoms with Crippen LogP contribution in [0.1, 0.15) is 24.1 Å². The second-order valence-electron chi connectivity index (χ2n) is 7.77. The maximum Gasteiger partial charge on any atom is 0.317 e. The predicted molar refractivity (Wildman–Crippen MR) is 121 cm³/mol. The van der Waals surface area contributed by atoms with Crippen LogP contribution in [-0.4, -0.2) is 49.1 Å². The number of amides is 2. The van der Waals surface area contributed by atoms with E-state index < -0.39 is 0 Å². The molecule has 1 saturated heterocycles. The van der Waals surface area contributed by atoms with E-state index in [-0.39, 0.29) is 6.03 Å². The zero-order valence-corrected chi connectivity index (χ0v) is 17.7. The molecule has 0 spiro atoms. The standard InChI is InChI=1S/C25H29N3O2/c1-19(23-9-5-7-21-6-3-4-8-24(21)23)27-14-16-28(17-15-27)25(29)26-18-20-10-12-22(30-2)13-11-20/h3-13,19H,14-18H2,1-2H3,(H,26,29). The van der Waals surface area contributed by atoms with E-state index in [4.69, 9.17) is 4.74 Å². The molecule has 1 N–H and O–H groups in total. The fourth-order valence-corrected chi connectivity index (χ4v) is 4.16. The van der Waals surface area contributed by atoms with Crippen molar-refractivity contribution in [1.82, 2.24) is 15.1 Å². The molecule has 1 aliphatic heterocycles. The Bertz CT molecular complexity index is 989. The Balaban J connectivity index is 1.32. The van der Waals surface area contributed by atoms with Crippen LogP contribution in [0.4, 0.5) is 4.79 Å². The number of urea groups is 1. The molecule has 0 radical (unpaired) electrons. The Labute approximate surface area is 178 Å². The highest BCUT2D eigenvalue weighted by atomic mass is 16.5. The molecule has 3 aromatic rings. The van der Waals surface area contributed by atoms with Crippen molar-refractivity contribution in [2.45, 2.75) is 19.5 Å². The number of nitrogens with zero attached hydrogens (tertiary/aromatic N) is 2. The van der Waals surface area contributed by atoms with Crippen LogP contribution in [-0.2, 0) is 6.54 Å². The maximum atomic E-state index is 12.6. The molecule has 0 bridgehead atoms. The Morgan fingerprint density at radius 1 is 0.967 bits per heavy atom. The Morgan fingerprint density at radius 3 is 2.40 bits per heavy atom. The van der Waals surface area contributed by atoms with Crippen molar-refractivity contribution in [3.8, 4) is 5.75 Å². The number of methoxy groups -OCH3 is 1. The fraction of sp³-hybridized carbons (Fsp3) is 0.320. The van der Waals surface area contributed by atoms with Gasteiger partial charge in [-0.05, 0) is 41.0 Å². The molecule has 0 saturated carbocycles. The summed E-state index contributed by atoms with van der Waals surface area (Å²) in [7, 11) is 1.65. The third kappa shape index (κ3) is 4.41. The lowest BCUT2D eigenvalue weighted by molar-refractivity contribution is 0.114. The first-order valence-corrected chi connectivity index (χ1v) is 10.5. The smallest absolute Gasteiger partial charge is 0.317 e. The summed E-state index contributed by atoms with van der Waals surface area (Å²) in [5.41, 5.74) is 2.41.